The van der Waals surface area contributed by atoms with Crippen LogP contribution in [0, 0.1) is 6.92 Å². The highest BCUT2D eigenvalue weighted by Gasteiger charge is 2.37. The second-order valence-electron chi connectivity index (χ2n) is 9.39. The standard InChI is InChI=1S/C27H37N3O2S/c1-4-5-6-11-25(31)28-15-17-29(18-16-28)27(32)21(3)30-14-12-24-23(13-19-33-24)26(30)22-10-8-7-9-20(22)2/h7-10,13,19,21,26H,4-6,11-12,14-18H2,1-3H3/t21-,26-/m0/s1. The van der Waals surface area contributed by atoms with Crippen molar-refractivity contribution < 1.29 is 9.59 Å². The van der Waals surface area contributed by atoms with E-state index < -0.39 is 0 Å². The molecule has 2 aliphatic heterocycles. The molecule has 0 radical (unpaired) electrons. The molecule has 2 aliphatic rings. The largest absolute Gasteiger partial charge is 0.339 e. The molecule has 0 aliphatic carbocycles. The average molecular weight is 468 g/mol. The van der Waals surface area contributed by atoms with Crippen LogP contribution in [0.3, 0.4) is 0 Å². The lowest BCUT2D eigenvalue weighted by Crippen LogP contribution is -2.56. The molecule has 0 bridgehead atoms. The zero-order valence-electron chi connectivity index (χ0n) is 20.3. The number of piperazine rings is 1. The third kappa shape index (κ3) is 5.17. The number of nitrogens with zero attached hydrogens (tertiary/aromatic N) is 3. The van der Waals surface area contributed by atoms with E-state index in [4.69, 9.17) is 0 Å². The molecule has 2 aromatic rings. The Hall–Kier alpha value is -2.18. The fraction of sp³-hybridized carbons (Fsp3) is 0.556. The minimum Gasteiger partial charge on any atom is -0.339 e. The molecule has 1 aromatic carbocycles. The summed E-state index contributed by atoms with van der Waals surface area (Å²) in [6.45, 7) is 9.84. The van der Waals surface area contributed by atoms with Gasteiger partial charge in [-0.2, -0.15) is 0 Å². The maximum Gasteiger partial charge on any atom is 0.239 e. The number of amides is 2. The van der Waals surface area contributed by atoms with E-state index in [1.54, 1.807) is 0 Å². The Bertz CT molecular complexity index is 964. The number of hydrogen-bond donors (Lipinski definition) is 0. The molecule has 178 valence electrons. The molecular formula is C27H37N3O2S. The van der Waals surface area contributed by atoms with Crippen molar-refractivity contribution in [3.63, 3.8) is 0 Å². The van der Waals surface area contributed by atoms with E-state index in [1.807, 2.05) is 21.1 Å². The second kappa shape index (κ2) is 10.8. The maximum atomic E-state index is 13.6. The van der Waals surface area contributed by atoms with Crippen LogP contribution in [-0.2, 0) is 16.0 Å². The van der Waals surface area contributed by atoms with Crippen LogP contribution in [0.1, 0.15) is 67.1 Å². The van der Waals surface area contributed by atoms with Gasteiger partial charge in [-0.05, 0) is 54.8 Å². The molecule has 1 fully saturated rings. The van der Waals surface area contributed by atoms with Crippen molar-refractivity contribution in [1.82, 2.24) is 14.7 Å². The summed E-state index contributed by atoms with van der Waals surface area (Å²) in [6.07, 6.45) is 4.82. The smallest absolute Gasteiger partial charge is 0.239 e. The summed E-state index contributed by atoms with van der Waals surface area (Å²) < 4.78 is 0. The lowest BCUT2D eigenvalue weighted by molar-refractivity contribution is -0.143. The lowest BCUT2D eigenvalue weighted by atomic mass is 9.89. The molecule has 1 saturated heterocycles. The van der Waals surface area contributed by atoms with Gasteiger partial charge in [-0.3, -0.25) is 14.5 Å². The molecule has 33 heavy (non-hydrogen) atoms. The van der Waals surface area contributed by atoms with Crippen LogP contribution in [0.2, 0.25) is 0 Å². The van der Waals surface area contributed by atoms with E-state index in [0.29, 0.717) is 32.6 Å². The number of unbranched alkanes of at least 4 members (excludes halogenated alkanes) is 2. The van der Waals surface area contributed by atoms with Crippen molar-refractivity contribution in [2.75, 3.05) is 32.7 Å². The molecule has 5 nitrogen and oxygen atoms in total. The SMILES string of the molecule is CCCCCC(=O)N1CCN(C(=O)[C@H](C)N2CCc3sccc3[C@@H]2c2ccccc2C)CC1. The van der Waals surface area contributed by atoms with Crippen molar-refractivity contribution in [1.29, 1.82) is 0 Å². The van der Waals surface area contributed by atoms with E-state index in [-0.39, 0.29) is 23.9 Å². The first kappa shape index (κ1) is 24.0. The van der Waals surface area contributed by atoms with Crippen molar-refractivity contribution in [2.24, 2.45) is 0 Å². The monoisotopic (exact) mass is 467 g/mol. The highest BCUT2D eigenvalue weighted by molar-refractivity contribution is 7.10. The van der Waals surface area contributed by atoms with Gasteiger partial charge < -0.3 is 9.80 Å². The summed E-state index contributed by atoms with van der Waals surface area (Å²) in [6, 6.07) is 10.7. The van der Waals surface area contributed by atoms with Gasteiger partial charge in [0.15, 0.2) is 0 Å². The second-order valence-corrected chi connectivity index (χ2v) is 10.4. The number of rotatable bonds is 7. The molecule has 0 unspecified atom stereocenters. The summed E-state index contributed by atoms with van der Waals surface area (Å²) in [5, 5.41) is 2.18. The van der Waals surface area contributed by atoms with Gasteiger partial charge in [0.1, 0.15) is 0 Å². The van der Waals surface area contributed by atoms with E-state index in [1.165, 1.54) is 21.6 Å². The highest BCUT2D eigenvalue weighted by atomic mass is 32.1. The summed E-state index contributed by atoms with van der Waals surface area (Å²) in [4.78, 5) is 33.8. The van der Waals surface area contributed by atoms with Gasteiger partial charge in [0, 0.05) is 44.0 Å². The van der Waals surface area contributed by atoms with Gasteiger partial charge in [0.2, 0.25) is 11.8 Å². The predicted molar refractivity (Wildman–Crippen MR) is 135 cm³/mol. The van der Waals surface area contributed by atoms with E-state index in [9.17, 15) is 9.59 Å². The number of thiophene rings is 1. The molecule has 2 atom stereocenters. The summed E-state index contributed by atoms with van der Waals surface area (Å²) in [5.41, 5.74) is 3.91. The normalized spacial score (nSPS) is 19.9. The number of carbonyl (C=O) groups is 2. The first-order chi connectivity index (χ1) is 16.0. The van der Waals surface area contributed by atoms with Crippen LogP contribution < -0.4 is 0 Å². The van der Waals surface area contributed by atoms with Gasteiger partial charge in [0.05, 0.1) is 12.1 Å². The Labute approximate surface area is 202 Å². The molecule has 1 aromatic heterocycles. The fourth-order valence-electron chi connectivity index (χ4n) is 5.26. The number of aryl methyl sites for hydroxylation is 1. The van der Waals surface area contributed by atoms with Crippen LogP contribution >= 0.6 is 11.3 Å². The molecule has 6 heteroatoms. The van der Waals surface area contributed by atoms with Gasteiger partial charge in [0.25, 0.3) is 0 Å². The molecule has 0 spiro atoms. The number of hydrogen-bond acceptors (Lipinski definition) is 4. The van der Waals surface area contributed by atoms with Gasteiger partial charge in [-0.15, -0.1) is 11.3 Å². The molecule has 2 amide bonds. The van der Waals surface area contributed by atoms with Crippen LogP contribution in [0.25, 0.3) is 0 Å². The maximum absolute atomic E-state index is 13.6. The third-order valence-electron chi connectivity index (χ3n) is 7.28. The van der Waals surface area contributed by atoms with Crippen molar-refractivity contribution in [3.8, 4) is 0 Å². The summed E-state index contributed by atoms with van der Waals surface area (Å²) in [5.74, 6) is 0.426. The minimum atomic E-state index is -0.200. The van der Waals surface area contributed by atoms with Crippen LogP contribution in [-0.4, -0.2) is 65.3 Å². The fourth-order valence-corrected chi connectivity index (χ4v) is 6.16. The third-order valence-corrected chi connectivity index (χ3v) is 8.28. The quantitative estimate of drug-likeness (QED) is 0.557. The minimum absolute atomic E-state index is 0.113. The number of fused-ring (bicyclic) bond motifs is 1. The molecule has 4 rings (SSSR count). The van der Waals surface area contributed by atoms with E-state index in [2.05, 4.69) is 61.4 Å². The highest BCUT2D eigenvalue weighted by Crippen LogP contribution is 2.40. The molecule has 3 heterocycles. The van der Waals surface area contributed by atoms with Crippen LogP contribution in [0.4, 0.5) is 0 Å². The lowest BCUT2D eigenvalue weighted by Gasteiger charge is -2.43. The Morgan fingerprint density at radius 2 is 1.73 bits per heavy atom. The number of benzene rings is 1. The Balaban J connectivity index is 1.45. The van der Waals surface area contributed by atoms with Crippen molar-refractivity contribution >= 4 is 23.2 Å². The zero-order valence-corrected chi connectivity index (χ0v) is 21.1. The molecular weight excluding hydrogens is 430 g/mol. The Morgan fingerprint density at radius 3 is 2.45 bits per heavy atom. The average Bonchev–Trinajstić information content (AvgIpc) is 3.32. The first-order valence-corrected chi connectivity index (χ1v) is 13.3. The summed E-state index contributed by atoms with van der Waals surface area (Å²) >= 11 is 1.83. The van der Waals surface area contributed by atoms with Gasteiger partial charge in [-0.25, -0.2) is 0 Å². The molecule has 0 N–H and O–H groups in total. The summed E-state index contributed by atoms with van der Waals surface area (Å²) in [7, 11) is 0. The zero-order chi connectivity index (χ0) is 23.4. The van der Waals surface area contributed by atoms with Gasteiger partial charge >= 0.3 is 0 Å². The van der Waals surface area contributed by atoms with E-state index >= 15 is 0 Å². The Kier molecular flexibility index (Phi) is 7.86. The molecule has 0 saturated carbocycles. The first-order valence-electron chi connectivity index (χ1n) is 12.4. The van der Waals surface area contributed by atoms with Crippen molar-refractivity contribution in [3.05, 3.63) is 57.3 Å². The van der Waals surface area contributed by atoms with Crippen molar-refractivity contribution in [2.45, 2.75) is 65.0 Å². The predicted octanol–water partition coefficient (Wildman–Crippen LogP) is 4.64. The number of carbonyl (C=O) groups excluding carboxylic acids is 2. The van der Waals surface area contributed by atoms with Gasteiger partial charge in [-0.1, -0.05) is 44.0 Å². The topological polar surface area (TPSA) is 43.9 Å². The van der Waals surface area contributed by atoms with Crippen LogP contribution in [0.5, 0.6) is 0 Å². The van der Waals surface area contributed by atoms with E-state index in [0.717, 1.165) is 32.2 Å². The Morgan fingerprint density at radius 1 is 1.00 bits per heavy atom. The van der Waals surface area contributed by atoms with Crippen LogP contribution in [0.15, 0.2) is 35.7 Å².